The van der Waals surface area contributed by atoms with Gasteiger partial charge in [0, 0.05) is 29.7 Å². The van der Waals surface area contributed by atoms with Crippen LogP contribution in [0.4, 0.5) is 33.5 Å². The number of aromatic nitrogens is 1. The lowest BCUT2D eigenvalue weighted by Crippen LogP contribution is -2.53. The fourth-order valence-electron chi connectivity index (χ4n) is 5.03. The maximum Gasteiger partial charge on any atom is 0.416 e. The fraction of sp³-hybridized carbons (Fsp3) is 0.478. The van der Waals surface area contributed by atoms with Crippen molar-refractivity contribution in [3.8, 4) is 0 Å². The number of piperidine rings is 1. The Morgan fingerprint density at radius 2 is 1.94 bits per heavy atom. The number of rotatable bonds is 6. The van der Waals surface area contributed by atoms with Crippen LogP contribution in [0.15, 0.2) is 24.3 Å². The monoisotopic (exact) mass is 565 g/mol. The highest BCUT2D eigenvalue weighted by atomic mass is 79.9. The lowest BCUT2D eigenvalue weighted by atomic mass is 9.96. The summed E-state index contributed by atoms with van der Waals surface area (Å²) in [7, 11) is 0. The Morgan fingerprint density at radius 3 is 2.62 bits per heavy atom. The third-order valence-electron chi connectivity index (χ3n) is 6.43. The molecule has 1 aliphatic carbocycles. The van der Waals surface area contributed by atoms with E-state index in [4.69, 9.17) is 11.6 Å². The molecule has 0 spiro atoms. The highest BCUT2D eigenvalue weighted by Gasteiger charge is 2.51. The SMILES string of the molecule is Cc1cc(C(F)(F)F)cc(N2[C@@H]3CC[C@@H](C3)[C@H]2C(=O)N(CCCBr)c2cc(Cl)c(F)cc2F)n1. The van der Waals surface area contributed by atoms with E-state index < -0.39 is 35.3 Å². The molecule has 11 heteroatoms. The highest BCUT2D eigenvalue weighted by molar-refractivity contribution is 9.09. The molecule has 1 saturated heterocycles. The van der Waals surface area contributed by atoms with Gasteiger partial charge < -0.3 is 9.80 Å². The zero-order valence-corrected chi connectivity index (χ0v) is 20.5. The molecule has 4 nitrogen and oxygen atoms in total. The topological polar surface area (TPSA) is 36.4 Å². The third kappa shape index (κ3) is 4.76. The van der Waals surface area contributed by atoms with Crippen LogP contribution in [-0.4, -0.2) is 34.8 Å². The average Bonchev–Trinajstić information content (AvgIpc) is 3.38. The average molecular weight is 567 g/mol. The molecule has 2 heterocycles. The van der Waals surface area contributed by atoms with E-state index in [0.717, 1.165) is 31.0 Å². The van der Waals surface area contributed by atoms with Crippen molar-refractivity contribution in [2.24, 2.45) is 5.92 Å². The van der Waals surface area contributed by atoms with Gasteiger partial charge in [0.2, 0.25) is 5.91 Å². The van der Waals surface area contributed by atoms with Gasteiger partial charge in [0.15, 0.2) is 0 Å². The Morgan fingerprint density at radius 1 is 1.21 bits per heavy atom. The lowest BCUT2D eigenvalue weighted by molar-refractivity contribution is -0.137. The predicted molar refractivity (Wildman–Crippen MR) is 124 cm³/mol. The van der Waals surface area contributed by atoms with Crippen LogP contribution in [0.25, 0.3) is 0 Å². The number of aryl methyl sites for hydroxylation is 1. The number of hydrogen-bond donors (Lipinski definition) is 0. The van der Waals surface area contributed by atoms with E-state index >= 15 is 0 Å². The molecular formula is C23H22BrClF5N3O. The Kier molecular flexibility index (Phi) is 7.11. The first-order valence-electron chi connectivity index (χ1n) is 10.9. The van der Waals surface area contributed by atoms with Crippen LogP contribution < -0.4 is 9.80 Å². The smallest absolute Gasteiger partial charge is 0.341 e. The van der Waals surface area contributed by atoms with Gasteiger partial charge in [0.05, 0.1) is 16.3 Å². The van der Waals surface area contributed by atoms with Gasteiger partial charge >= 0.3 is 6.18 Å². The molecule has 0 unspecified atom stereocenters. The van der Waals surface area contributed by atoms with Crippen molar-refractivity contribution in [2.45, 2.75) is 50.9 Å². The molecule has 2 aliphatic rings. The number of hydrogen-bond acceptors (Lipinski definition) is 3. The van der Waals surface area contributed by atoms with Crippen LogP contribution >= 0.6 is 27.5 Å². The number of carbonyl (C=O) groups is 1. The number of benzene rings is 1. The summed E-state index contributed by atoms with van der Waals surface area (Å²) < 4.78 is 68.9. The van der Waals surface area contributed by atoms with Crippen molar-refractivity contribution < 1.29 is 26.7 Å². The van der Waals surface area contributed by atoms with E-state index in [1.807, 2.05) is 0 Å². The van der Waals surface area contributed by atoms with Gasteiger partial charge in [0.1, 0.15) is 23.5 Å². The minimum absolute atomic E-state index is 0.0796. The molecule has 2 aromatic rings. The van der Waals surface area contributed by atoms with Gasteiger partial charge in [-0.1, -0.05) is 27.5 Å². The van der Waals surface area contributed by atoms with Crippen LogP contribution in [0, 0.1) is 24.5 Å². The summed E-state index contributed by atoms with van der Waals surface area (Å²) in [5, 5.41) is 0.204. The summed E-state index contributed by atoms with van der Waals surface area (Å²) in [6.45, 7) is 1.60. The van der Waals surface area contributed by atoms with Gasteiger partial charge in [-0.25, -0.2) is 13.8 Å². The first kappa shape index (κ1) is 25.2. The quantitative estimate of drug-likeness (QED) is 0.227. The van der Waals surface area contributed by atoms with Crippen LogP contribution in [0.5, 0.6) is 0 Å². The Balaban J connectivity index is 1.76. The summed E-state index contributed by atoms with van der Waals surface area (Å²) >= 11 is 9.18. The van der Waals surface area contributed by atoms with Gasteiger partial charge in [-0.15, -0.1) is 0 Å². The van der Waals surface area contributed by atoms with E-state index in [2.05, 4.69) is 20.9 Å². The van der Waals surface area contributed by atoms with Gasteiger partial charge in [-0.05, 0) is 56.7 Å². The Bertz CT molecular complexity index is 1100. The molecule has 1 amide bonds. The number of amides is 1. The van der Waals surface area contributed by atoms with Crippen LogP contribution in [0.1, 0.15) is 36.9 Å². The maximum atomic E-state index is 14.7. The maximum absolute atomic E-state index is 14.7. The van der Waals surface area contributed by atoms with Crippen molar-refractivity contribution in [3.05, 3.63) is 52.2 Å². The largest absolute Gasteiger partial charge is 0.416 e. The van der Waals surface area contributed by atoms with Gasteiger partial charge in [-0.3, -0.25) is 4.79 Å². The minimum atomic E-state index is -4.56. The van der Waals surface area contributed by atoms with Crippen molar-refractivity contribution in [1.82, 2.24) is 4.98 Å². The van der Waals surface area contributed by atoms with Crippen molar-refractivity contribution in [3.63, 3.8) is 0 Å². The molecule has 1 aliphatic heterocycles. The van der Waals surface area contributed by atoms with Crippen LogP contribution in [0.2, 0.25) is 5.02 Å². The van der Waals surface area contributed by atoms with E-state index in [-0.39, 0.29) is 40.7 Å². The number of alkyl halides is 4. The molecule has 4 rings (SSSR count). The summed E-state index contributed by atoms with van der Waals surface area (Å²) in [5.74, 6) is -2.38. The molecular weight excluding hydrogens is 545 g/mol. The Labute approximate surface area is 207 Å². The molecule has 2 bridgehead atoms. The van der Waals surface area contributed by atoms with E-state index in [9.17, 15) is 26.7 Å². The third-order valence-corrected chi connectivity index (χ3v) is 7.28. The molecule has 1 saturated carbocycles. The molecule has 0 radical (unpaired) electrons. The zero-order valence-electron chi connectivity index (χ0n) is 18.2. The van der Waals surface area contributed by atoms with E-state index in [0.29, 0.717) is 24.2 Å². The normalized spacial score (nSPS) is 21.9. The molecule has 34 heavy (non-hydrogen) atoms. The highest BCUT2D eigenvalue weighted by Crippen LogP contribution is 2.46. The summed E-state index contributed by atoms with van der Waals surface area (Å²) in [6, 6.07) is 2.67. The molecule has 1 aromatic heterocycles. The Hall–Kier alpha value is -1.94. The number of halogens is 7. The molecule has 1 aromatic carbocycles. The fourth-order valence-corrected chi connectivity index (χ4v) is 5.44. The summed E-state index contributed by atoms with van der Waals surface area (Å²) in [6.07, 6.45) is -2.00. The number of nitrogens with zero attached hydrogens (tertiary/aromatic N) is 3. The summed E-state index contributed by atoms with van der Waals surface area (Å²) in [5.41, 5.74) is -0.809. The van der Waals surface area contributed by atoms with E-state index in [1.165, 1.54) is 11.8 Å². The number of anilines is 2. The second-order valence-electron chi connectivity index (χ2n) is 8.68. The first-order valence-corrected chi connectivity index (χ1v) is 12.4. The van der Waals surface area contributed by atoms with E-state index in [1.54, 1.807) is 4.90 Å². The summed E-state index contributed by atoms with van der Waals surface area (Å²) in [4.78, 5) is 21.1. The van der Waals surface area contributed by atoms with Crippen LogP contribution in [-0.2, 0) is 11.0 Å². The number of carbonyl (C=O) groups excluding carboxylic acids is 1. The van der Waals surface area contributed by atoms with Gasteiger partial charge in [0.25, 0.3) is 0 Å². The number of pyridine rings is 1. The van der Waals surface area contributed by atoms with Crippen molar-refractivity contribution in [1.29, 1.82) is 0 Å². The molecule has 2 fully saturated rings. The standard InChI is InChI=1S/C23H22BrClF5N3O/c1-12-7-14(23(28,29)30)9-20(31-12)33-15-4-3-13(8-15)21(33)22(34)32(6-2-5-24)19-10-16(25)17(26)11-18(19)27/h7,9-11,13,15,21H,2-6,8H2,1H3/t13-,15+,21-/m0/s1. The van der Waals surface area contributed by atoms with Crippen molar-refractivity contribution in [2.75, 3.05) is 21.7 Å². The lowest BCUT2D eigenvalue weighted by Gasteiger charge is -2.38. The van der Waals surface area contributed by atoms with Gasteiger partial charge in [-0.2, -0.15) is 13.2 Å². The van der Waals surface area contributed by atoms with Crippen molar-refractivity contribution >= 4 is 44.9 Å². The molecule has 3 atom stereocenters. The van der Waals surface area contributed by atoms with Crippen LogP contribution in [0.3, 0.4) is 0 Å². The second kappa shape index (κ2) is 9.60. The molecule has 184 valence electrons. The second-order valence-corrected chi connectivity index (χ2v) is 9.88. The predicted octanol–water partition coefficient (Wildman–Crippen LogP) is 6.52. The zero-order chi connectivity index (χ0) is 24.8. The minimum Gasteiger partial charge on any atom is -0.341 e. The first-order chi connectivity index (χ1) is 16.0. The number of fused-ring (bicyclic) bond motifs is 2. The molecule has 0 N–H and O–H groups in total.